The predicted octanol–water partition coefficient (Wildman–Crippen LogP) is 3.54. The quantitative estimate of drug-likeness (QED) is 0.691. The highest BCUT2D eigenvalue weighted by atomic mass is 32.1. The Morgan fingerprint density at radius 3 is 3.08 bits per heavy atom. The van der Waals surface area contributed by atoms with Crippen LogP contribution in [0.4, 0.5) is 0 Å². The van der Waals surface area contributed by atoms with Gasteiger partial charge in [-0.25, -0.2) is 4.98 Å². The first-order chi connectivity index (χ1) is 12.6. The molecule has 5 nitrogen and oxygen atoms in total. The summed E-state index contributed by atoms with van der Waals surface area (Å²) in [6.07, 6.45) is 8.85. The molecule has 0 spiro atoms. The number of nitrogens with zero attached hydrogens (tertiary/aromatic N) is 4. The van der Waals surface area contributed by atoms with Crippen molar-refractivity contribution in [3.63, 3.8) is 0 Å². The zero-order valence-corrected chi connectivity index (χ0v) is 16.1. The molecule has 6 heteroatoms. The second kappa shape index (κ2) is 7.29. The average molecular weight is 369 g/mol. The summed E-state index contributed by atoms with van der Waals surface area (Å²) in [4.78, 5) is 24.0. The number of thiazole rings is 1. The fraction of sp³-hybridized carbons (Fsp3) is 0.450. The summed E-state index contributed by atoms with van der Waals surface area (Å²) in [5.74, 6) is 0.709. The lowest BCUT2D eigenvalue weighted by Gasteiger charge is -2.33. The summed E-state index contributed by atoms with van der Waals surface area (Å²) >= 11 is 1.67. The third-order valence-corrected chi connectivity index (χ3v) is 6.10. The van der Waals surface area contributed by atoms with Crippen LogP contribution in [0.5, 0.6) is 0 Å². The molecule has 1 unspecified atom stereocenters. The van der Waals surface area contributed by atoms with Gasteiger partial charge < -0.3 is 4.57 Å². The number of likely N-dealkylation sites (tertiary alicyclic amines) is 1. The Balaban J connectivity index is 1.50. The van der Waals surface area contributed by atoms with Crippen LogP contribution in [0.25, 0.3) is 11.0 Å². The molecule has 3 aromatic heterocycles. The lowest BCUT2D eigenvalue weighted by molar-refractivity contribution is -0.116. The lowest BCUT2D eigenvalue weighted by atomic mass is 9.90. The van der Waals surface area contributed by atoms with E-state index >= 15 is 0 Å². The van der Waals surface area contributed by atoms with Crippen LogP contribution in [0.2, 0.25) is 0 Å². The van der Waals surface area contributed by atoms with E-state index in [0.717, 1.165) is 30.2 Å². The molecule has 4 heterocycles. The number of hydrogen-bond acceptors (Lipinski definition) is 5. The van der Waals surface area contributed by atoms with Crippen molar-refractivity contribution in [2.45, 2.75) is 38.6 Å². The number of Topliss-reactive ketones (excluding diaryl/α,β-unsaturated/α-hetero) is 1. The van der Waals surface area contributed by atoms with E-state index in [-0.39, 0.29) is 5.78 Å². The van der Waals surface area contributed by atoms with Crippen molar-refractivity contribution in [1.82, 2.24) is 19.4 Å². The molecule has 0 bridgehead atoms. The Kier molecular flexibility index (Phi) is 4.87. The van der Waals surface area contributed by atoms with Gasteiger partial charge in [0, 0.05) is 43.6 Å². The molecular weight excluding hydrogens is 344 g/mol. The van der Waals surface area contributed by atoms with Crippen molar-refractivity contribution >= 4 is 28.2 Å². The van der Waals surface area contributed by atoms with Gasteiger partial charge >= 0.3 is 0 Å². The van der Waals surface area contributed by atoms with E-state index in [9.17, 15) is 4.79 Å². The van der Waals surface area contributed by atoms with Gasteiger partial charge in [0.25, 0.3) is 0 Å². The largest absolute Gasteiger partial charge is 0.349 e. The summed E-state index contributed by atoms with van der Waals surface area (Å²) in [5, 5.41) is 0.931. The van der Waals surface area contributed by atoms with Crippen LogP contribution in [0, 0.1) is 0 Å². The molecule has 0 aromatic carbocycles. The first kappa shape index (κ1) is 17.4. The Hall–Kier alpha value is -2.05. The number of carbonyl (C=O) groups is 1. The van der Waals surface area contributed by atoms with Gasteiger partial charge in [-0.2, -0.15) is 0 Å². The molecule has 0 N–H and O–H groups in total. The maximum atomic E-state index is 11.3. The smallest absolute Gasteiger partial charge is 0.136 e. The van der Waals surface area contributed by atoms with Crippen LogP contribution in [0.3, 0.4) is 0 Å². The van der Waals surface area contributed by atoms with E-state index in [0.29, 0.717) is 12.3 Å². The van der Waals surface area contributed by atoms with E-state index < -0.39 is 0 Å². The molecule has 1 atom stereocenters. The highest BCUT2D eigenvalue weighted by Gasteiger charge is 2.24. The number of fused-ring (bicyclic) bond motifs is 1. The minimum absolute atomic E-state index is 0.174. The molecule has 0 aliphatic carbocycles. The van der Waals surface area contributed by atoms with Gasteiger partial charge in [-0.05, 0) is 49.9 Å². The van der Waals surface area contributed by atoms with E-state index in [1.165, 1.54) is 28.8 Å². The van der Waals surface area contributed by atoms with Gasteiger partial charge in [0.2, 0.25) is 0 Å². The molecule has 0 amide bonds. The fourth-order valence-electron chi connectivity index (χ4n) is 3.97. The molecule has 1 fully saturated rings. The van der Waals surface area contributed by atoms with Crippen LogP contribution in [-0.2, 0) is 24.8 Å². The summed E-state index contributed by atoms with van der Waals surface area (Å²) in [7, 11) is 2.10. The van der Waals surface area contributed by atoms with Crippen molar-refractivity contribution in [1.29, 1.82) is 0 Å². The highest BCUT2D eigenvalue weighted by Crippen LogP contribution is 2.32. The molecule has 1 aliphatic rings. The Labute approximate surface area is 157 Å². The summed E-state index contributed by atoms with van der Waals surface area (Å²) in [6.45, 7) is 4.73. The summed E-state index contributed by atoms with van der Waals surface area (Å²) in [5.41, 5.74) is 3.76. The number of pyridine rings is 1. The number of rotatable bonds is 5. The summed E-state index contributed by atoms with van der Waals surface area (Å²) < 4.78 is 2.19. The second-order valence-electron chi connectivity index (χ2n) is 7.23. The molecule has 136 valence electrons. The molecule has 1 saturated heterocycles. The van der Waals surface area contributed by atoms with Crippen LogP contribution in [0.15, 0.2) is 30.7 Å². The van der Waals surface area contributed by atoms with Crippen LogP contribution in [-0.4, -0.2) is 38.3 Å². The highest BCUT2D eigenvalue weighted by molar-refractivity contribution is 7.11. The van der Waals surface area contributed by atoms with Gasteiger partial charge in [0.05, 0.1) is 17.5 Å². The molecule has 0 radical (unpaired) electrons. The second-order valence-corrected chi connectivity index (χ2v) is 8.43. The SMILES string of the molecule is CC(=O)Cc1ncc(CN2CCCC(c3ccnc4ccn(C)c34)C2)s1. The number of piperidine rings is 1. The van der Waals surface area contributed by atoms with Gasteiger partial charge in [-0.15, -0.1) is 11.3 Å². The summed E-state index contributed by atoms with van der Waals surface area (Å²) in [6, 6.07) is 4.28. The zero-order valence-electron chi connectivity index (χ0n) is 15.3. The average Bonchev–Trinajstić information content (AvgIpc) is 3.21. The predicted molar refractivity (Wildman–Crippen MR) is 104 cm³/mol. The first-order valence-electron chi connectivity index (χ1n) is 9.15. The van der Waals surface area contributed by atoms with E-state index in [1.54, 1.807) is 18.3 Å². The third kappa shape index (κ3) is 3.57. The van der Waals surface area contributed by atoms with Crippen LogP contribution >= 0.6 is 11.3 Å². The first-order valence-corrected chi connectivity index (χ1v) is 9.97. The number of aryl methyl sites for hydroxylation is 1. The monoisotopic (exact) mass is 368 g/mol. The number of carbonyl (C=O) groups excluding carboxylic acids is 1. The molecule has 26 heavy (non-hydrogen) atoms. The molecule has 1 aliphatic heterocycles. The zero-order chi connectivity index (χ0) is 18.1. The van der Waals surface area contributed by atoms with E-state index in [1.807, 2.05) is 12.4 Å². The van der Waals surface area contributed by atoms with Crippen LogP contribution < -0.4 is 0 Å². The molecular formula is C20H24N4OS. The normalized spacial score (nSPS) is 18.5. The van der Waals surface area contributed by atoms with Crippen molar-refractivity contribution in [3.05, 3.63) is 46.2 Å². The standard InChI is InChI=1S/C20H24N4OS/c1-14(25)10-19-22-11-16(26-19)13-24-8-3-4-15(12-24)17-5-7-21-18-6-9-23(2)20(17)18/h5-7,9,11,15H,3-4,8,10,12-13H2,1-2H3. The Bertz CT molecular complexity index is 929. The van der Waals surface area contributed by atoms with Crippen LogP contribution in [0.1, 0.15) is 41.1 Å². The van der Waals surface area contributed by atoms with Gasteiger partial charge in [0.15, 0.2) is 0 Å². The minimum Gasteiger partial charge on any atom is -0.349 e. The molecule has 0 saturated carbocycles. The maximum Gasteiger partial charge on any atom is 0.136 e. The molecule has 4 rings (SSSR count). The van der Waals surface area contributed by atoms with Crippen molar-refractivity contribution in [2.75, 3.05) is 13.1 Å². The number of hydrogen-bond donors (Lipinski definition) is 0. The Morgan fingerprint density at radius 1 is 1.35 bits per heavy atom. The molecule has 3 aromatic rings. The topological polar surface area (TPSA) is 51.0 Å². The van der Waals surface area contributed by atoms with Gasteiger partial charge in [-0.1, -0.05) is 0 Å². The van der Waals surface area contributed by atoms with E-state index in [4.69, 9.17) is 0 Å². The number of aromatic nitrogens is 3. The maximum absolute atomic E-state index is 11.3. The lowest BCUT2D eigenvalue weighted by Crippen LogP contribution is -2.33. The third-order valence-electron chi connectivity index (χ3n) is 5.12. The van der Waals surface area contributed by atoms with Gasteiger partial charge in [-0.3, -0.25) is 14.7 Å². The van der Waals surface area contributed by atoms with E-state index in [2.05, 4.69) is 44.8 Å². The minimum atomic E-state index is 0.174. The fourth-order valence-corrected chi connectivity index (χ4v) is 5.00. The number of ketones is 1. The van der Waals surface area contributed by atoms with Crippen molar-refractivity contribution in [3.8, 4) is 0 Å². The van der Waals surface area contributed by atoms with Gasteiger partial charge in [0.1, 0.15) is 10.8 Å². The van der Waals surface area contributed by atoms with Crippen molar-refractivity contribution in [2.24, 2.45) is 7.05 Å². The Morgan fingerprint density at radius 2 is 2.23 bits per heavy atom. The van der Waals surface area contributed by atoms with Crippen molar-refractivity contribution < 1.29 is 4.79 Å².